The first kappa shape index (κ1) is 17.6. The average Bonchev–Trinajstić information content (AvgIpc) is 3.27. The molecular weight excluding hydrogens is 369 g/mol. The van der Waals surface area contributed by atoms with E-state index in [0.29, 0.717) is 34.3 Å². The minimum absolute atomic E-state index is 0.135. The summed E-state index contributed by atoms with van der Waals surface area (Å²) in [5, 5.41) is 7.75. The van der Waals surface area contributed by atoms with Crippen LogP contribution in [0.5, 0.6) is 0 Å². The van der Waals surface area contributed by atoms with Crippen LogP contribution in [0.1, 0.15) is 24.1 Å². The molecule has 1 unspecified atom stereocenters. The van der Waals surface area contributed by atoms with Crippen LogP contribution >= 0.6 is 11.3 Å². The van der Waals surface area contributed by atoms with E-state index in [9.17, 15) is 14.0 Å². The van der Waals surface area contributed by atoms with Crippen LogP contribution in [-0.2, 0) is 11.3 Å². The Balaban J connectivity index is 1.53. The van der Waals surface area contributed by atoms with Gasteiger partial charge >= 0.3 is 0 Å². The van der Waals surface area contributed by atoms with Crippen molar-refractivity contribution >= 4 is 27.3 Å². The molecular formula is C18H18FN5O2S. The normalized spacial score (nSPS) is 16.8. The number of hydrogen-bond donors (Lipinski definition) is 1. The molecule has 4 rings (SSSR count). The topological polar surface area (TPSA) is 79.6 Å². The van der Waals surface area contributed by atoms with Crippen LogP contribution < -0.4 is 15.8 Å². The van der Waals surface area contributed by atoms with Gasteiger partial charge in [0.15, 0.2) is 0 Å². The number of amides is 1. The van der Waals surface area contributed by atoms with Gasteiger partial charge in [-0.3, -0.25) is 9.59 Å². The lowest BCUT2D eigenvalue weighted by Gasteiger charge is -2.22. The van der Waals surface area contributed by atoms with Crippen molar-refractivity contribution in [1.82, 2.24) is 19.9 Å². The molecule has 0 saturated carbocycles. The van der Waals surface area contributed by atoms with Gasteiger partial charge in [0.1, 0.15) is 11.9 Å². The van der Waals surface area contributed by atoms with Crippen LogP contribution in [0.25, 0.3) is 4.96 Å². The number of fused-ring (bicyclic) bond motifs is 1. The Morgan fingerprint density at radius 1 is 1.41 bits per heavy atom. The van der Waals surface area contributed by atoms with Crippen LogP contribution in [0, 0.1) is 12.7 Å². The summed E-state index contributed by atoms with van der Waals surface area (Å²) in [4.78, 5) is 31.5. The largest absolute Gasteiger partial charge is 0.350 e. The predicted octanol–water partition coefficient (Wildman–Crippen LogP) is 1.88. The fourth-order valence-corrected chi connectivity index (χ4v) is 4.27. The number of benzene rings is 1. The number of nitrogens with zero attached hydrogens (tertiary/aromatic N) is 4. The summed E-state index contributed by atoms with van der Waals surface area (Å²) in [6.07, 6.45) is 1.52. The first-order chi connectivity index (χ1) is 13.0. The summed E-state index contributed by atoms with van der Waals surface area (Å²) in [5.41, 5.74) is 0.845. The summed E-state index contributed by atoms with van der Waals surface area (Å²) >= 11 is 1.29. The zero-order valence-corrected chi connectivity index (χ0v) is 15.5. The van der Waals surface area contributed by atoms with Gasteiger partial charge in [-0.05, 0) is 25.8 Å². The highest BCUT2D eigenvalue weighted by molar-refractivity contribution is 7.20. The number of hydrogen-bond acceptors (Lipinski definition) is 6. The minimum atomic E-state index is -0.394. The van der Waals surface area contributed by atoms with Crippen molar-refractivity contribution < 1.29 is 9.18 Å². The lowest BCUT2D eigenvalue weighted by Crippen LogP contribution is -2.43. The molecule has 1 aromatic carbocycles. The number of aromatic nitrogens is 3. The van der Waals surface area contributed by atoms with E-state index in [4.69, 9.17) is 0 Å². The Morgan fingerprint density at radius 3 is 3.04 bits per heavy atom. The molecule has 0 bridgehead atoms. The average molecular weight is 387 g/mol. The monoisotopic (exact) mass is 387 g/mol. The molecule has 1 N–H and O–H groups in total. The predicted molar refractivity (Wildman–Crippen MR) is 100 cm³/mol. The van der Waals surface area contributed by atoms with Crippen molar-refractivity contribution in [2.75, 3.05) is 11.4 Å². The molecule has 1 saturated heterocycles. The van der Waals surface area contributed by atoms with E-state index >= 15 is 0 Å². The molecule has 1 fully saturated rings. The fourth-order valence-electron chi connectivity index (χ4n) is 3.24. The molecule has 3 heterocycles. The second kappa shape index (κ2) is 7.07. The molecule has 3 aromatic rings. The third-order valence-corrected chi connectivity index (χ3v) is 5.52. The first-order valence-electron chi connectivity index (χ1n) is 8.68. The number of rotatable bonds is 4. The lowest BCUT2D eigenvalue weighted by atomic mass is 10.2. The first-order valence-corrected chi connectivity index (χ1v) is 9.50. The van der Waals surface area contributed by atoms with E-state index < -0.39 is 6.04 Å². The maximum Gasteiger partial charge on any atom is 0.275 e. The molecule has 7 nitrogen and oxygen atoms in total. The molecule has 0 radical (unpaired) electrons. The smallest absolute Gasteiger partial charge is 0.275 e. The van der Waals surface area contributed by atoms with E-state index in [-0.39, 0.29) is 23.8 Å². The minimum Gasteiger partial charge on any atom is -0.350 e. The number of carbonyl (C=O) groups excluding carboxylic acids is 1. The van der Waals surface area contributed by atoms with Crippen molar-refractivity contribution in [3.05, 3.63) is 57.8 Å². The van der Waals surface area contributed by atoms with Gasteiger partial charge in [-0.1, -0.05) is 29.5 Å². The molecule has 0 aliphatic carbocycles. The number of carbonyl (C=O) groups is 1. The van der Waals surface area contributed by atoms with E-state index in [0.717, 1.165) is 6.42 Å². The lowest BCUT2D eigenvalue weighted by molar-refractivity contribution is -0.122. The standard InChI is InChI=1S/C18H18FN5O2S/c1-11-9-15(25)24-17(21-11)27-18(22-24)23-8-4-7-14(23)16(26)20-10-12-5-2-3-6-13(12)19/h2-3,5-6,9,14H,4,7-8,10H2,1H3,(H,20,26). The molecule has 1 aliphatic heterocycles. The van der Waals surface area contributed by atoms with Gasteiger partial charge in [0.25, 0.3) is 5.56 Å². The zero-order valence-electron chi connectivity index (χ0n) is 14.7. The molecule has 1 amide bonds. The van der Waals surface area contributed by atoms with Crippen LogP contribution in [-0.4, -0.2) is 33.1 Å². The summed E-state index contributed by atoms with van der Waals surface area (Å²) in [7, 11) is 0. The van der Waals surface area contributed by atoms with Gasteiger partial charge in [0.2, 0.25) is 16.0 Å². The van der Waals surface area contributed by atoms with Crippen molar-refractivity contribution in [3.63, 3.8) is 0 Å². The maximum absolute atomic E-state index is 13.7. The Bertz CT molecular complexity index is 1060. The third-order valence-electron chi connectivity index (χ3n) is 4.57. The van der Waals surface area contributed by atoms with Crippen molar-refractivity contribution in [1.29, 1.82) is 0 Å². The number of anilines is 1. The molecule has 0 spiro atoms. The SMILES string of the molecule is Cc1cc(=O)n2nc(N3CCCC3C(=O)NCc3ccccc3F)sc2n1. The molecule has 2 aromatic heterocycles. The summed E-state index contributed by atoms with van der Waals surface area (Å²) in [5.74, 6) is -0.514. The molecule has 1 aliphatic rings. The van der Waals surface area contributed by atoms with Crippen LogP contribution in [0.3, 0.4) is 0 Å². The maximum atomic E-state index is 13.7. The van der Waals surface area contributed by atoms with Crippen LogP contribution in [0.15, 0.2) is 35.1 Å². The Hall–Kier alpha value is -2.81. The zero-order chi connectivity index (χ0) is 19.0. The Morgan fingerprint density at radius 2 is 2.22 bits per heavy atom. The summed E-state index contributed by atoms with van der Waals surface area (Å²) in [6, 6.07) is 7.41. The second-order valence-corrected chi connectivity index (χ2v) is 7.41. The van der Waals surface area contributed by atoms with Crippen LogP contribution in [0.2, 0.25) is 0 Å². The quantitative estimate of drug-likeness (QED) is 0.740. The van der Waals surface area contributed by atoms with Crippen molar-refractivity contribution in [2.45, 2.75) is 32.4 Å². The van der Waals surface area contributed by atoms with Gasteiger partial charge in [-0.25, -0.2) is 9.37 Å². The third kappa shape index (κ3) is 3.42. The highest BCUT2D eigenvalue weighted by Crippen LogP contribution is 2.29. The van der Waals surface area contributed by atoms with Crippen LogP contribution in [0.4, 0.5) is 9.52 Å². The summed E-state index contributed by atoms with van der Waals surface area (Å²) in [6.45, 7) is 2.57. The van der Waals surface area contributed by atoms with Crippen molar-refractivity contribution in [3.8, 4) is 0 Å². The van der Waals surface area contributed by atoms with Gasteiger partial charge in [0, 0.05) is 30.4 Å². The van der Waals surface area contributed by atoms with Gasteiger partial charge in [-0.15, -0.1) is 5.10 Å². The number of aryl methyl sites for hydroxylation is 1. The molecule has 9 heteroatoms. The molecule has 1 atom stereocenters. The van der Waals surface area contributed by atoms with E-state index in [1.807, 2.05) is 4.90 Å². The second-order valence-electron chi connectivity index (χ2n) is 6.48. The highest BCUT2D eigenvalue weighted by atomic mass is 32.1. The summed E-state index contributed by atoms with van der Waals surface area (Å²) < 4.78 is 15.0. The van der Waals surface area contributed by atoms with Gasteiger partial charge in [-0.2, -0.15) is 4.52 Å². The van der Waals surface area contributed by atoms with Gasteiger partial charge < -0.3 is 10.2 Å². The fraction of sp³-hybridized carbons (Fsp3) is 0.333. The number of halogens is 1. The van der Waals surface area contributed by atoms with E-state index in [2.05, 4.69) is 15.4 Å². The molecule has 27 heavy (non-hydrogen) atoms. The van der Waals surface area contributed by atoms with Gasteiger partial charge in [0.05, 0.1) is 0 Å². The number of nitrogens with one attached hydrogen (secondary N) is 1. The van der Waals surface area contributed by atoms with E-state index in [1.165, 1.54) is 28.0 Å². The highest BCUT2D eigenvalue weighted by Gasteiger charge is 2.33. The Kier molecular flexibility index (Phi) is 4.61. The molecule has 140 valence electrons. The Labute approximate surface area is 158 Å². The van der Waals surface area contributed by atoms with Crippen molar-refractivity contribution in [2.24, 2.45) is 0 Å². The van der Waals surface area contributed by atoms with E-state index in [1.54, 1.807) is 25.1 Å².